The summed E-state index contributed by atoms with van der Waals surface area (Å²) >= 11 is 0. The Kier molecular flexibility index (Phi) is 5.12. The summed E-state index contributed by atoms with van der Waals surface area (Å²) in [6, 6.07) is 6.71. The topological polar surface area (TPSA) is 46.3 Å². The molecule has 1 aromatic rings. The number of halogens is 1. The minimum Gasteiger partial charge on any atom is -0.341 e. The van der Waals surface area contributed by atoms with E-state index in [2.05, 4.69) is 0 Å². The van der Waals surface area contributed by atoms with E-state index in [1.807, 2.05) is 17.9 Å². The molecule has 0 radical (unpaired) electrons. The second kappa shape index (κ2) is 6.84. The number of amides is 1. The van der Waals surface area contributed by atoms with Crippen LogP contribution in [0.5, 0.6) is 0 Å². The lowest BCUT2D eigenvalue weighted by atomic mass is 9.96. The lowest BCUT2D eigenvalue weighted by Gasteiger charge is -2.31. The largest absolute Gasteiger partial charge is 0.341 e. The summed E-state index contributed by atoms with van der Waals surface area (Å²) in [4.78, 5) is 14.1. The third kappa shape index (κ3) is 4.30. The first-order valence-electron chi connectivity index (χ1n) is 7.32. The molecule has 1 saturated heterocycles. The molecule has 0 spiro atoms. The summed E-state index contributed by atoms with van der Waals surface area (Å²) < 4.78 is 13.1. The van der Waals surface area contributed by atoms with Gasteiger partial charge in [-0.05, 0) is 42.9 Å². The van der Waals surface area contributed by atoms with Crippen LogP contribution in [0.2, 0.25) is 0 Å². The number of piperidine rings is 1. The van der Waals surface area contributed by atoms with Crippen molar-refractivity contribution < 1.29 is 9.18 Å². The van der Waals surface area contributed by atoms with Crippen molar-refractivity contribution in [2.45, 2.75) is 38.6 Å². The molecule has 110 valence electrons. The summed E-state index contributed by atoms with van der Waals surface area (Å²) in [5.74, 6) is 0.162. The van der Waals surface area contributed by atoms with Gasteiger partial charge in [0, 0.05) is 25.6 Å². The lowest BCUT2D eigenvalue weighted by Crippen LogP contribution is -2.46. The van der Waals surface area contributed by atoms with Gasteiger partial charge in [0.2, 0.25) is 5.91 Å². The van der Waals surface area contributed by atoms with Crippen molar-refractivity contribution in [3.8, 4) is 0 Å². The van der Waals surface area contributed by atoms with E-state index in [0.29, 0.717) is 13.0 Å². The highest BCUT2D eigenvalue weighted by Gasteiger charge is 2.22. The first kappa shape index (κ1) is 15.0. The van der Waals surface area contributed by atoms with Crippen molar-refractivity contribution in [3.05, 3.63) is 35.6 Å². The van der Waals surface area contributed by atoms with Gasteiger partial charge < -0.3 is 10.6 Å². The number of likely N-dealkylation sites (tertiary alicyclic amines) is 1. The van der Waals surface area contributed by atoms with Crippen LogP contribution in [0.3, 0.4) is 0 Å². The SMILES string of the molecule is CC(CC(=O)N1CCCC(N)C1)Cc1cccc(F)c1. The van der Waals surface area contributed by atoms with E-state index < -0.39 is 0 Å². The summed E-state index contributed by atoms with van der Waals surface area (Å²) in [5, 5.41) is 0. The molecule has 20 heavy (non-hydrogen) atoms. The van der Waals surface area contributed by atoms with Crippen molar-refractivity contribution in [1.29, 1.82) is 0 Å². The van der Waals surface area contributed by atoms with E-state index in [1.54, 1.807) is 6.07 Å². The van der Waals surface area contributed by atoms with Crippen LogP contribution in [0.15, 0.2) is 24.3 Å². The van der Waals surface area contributed by atoms with E-state index >= 15 is 0 Å². The zero-order chi connectivity index (χ0) is 14.5. The summed E-state index contributed by atoms with van der Waals surface area (Å²) in [6.45, 7) is 3.53. The Bertz CT molecular complexity index is 464. The van der Waals surface area contributed by atoms with Gasteiger partial charge in [0.1, 0.15) is 5.82 Å². The van der Waals surface area contributed by atoms with Crippen LogP contribution < -0.4 is 5.73 Å². The predicted molar refractivity (Wildman–Crippen MR) is 77.7 cm³/mol. The Morgan fingerprint density at radius 3 is 3.05 bits per heavy atom. The van der Waals surface area contributed by atoms with Crippen LogP contribution >= 0.6 is 0 Å². The van der Waals surface area contributed by atoms with Gasteiger partial charge >= 0.3 is 0 Å². The van der Waals surface area contributed by atoms with Crippen molar-refractivity contribution >= 4 is 5.91 Å². The lowest BCUT2D eigenvalue weighted by molar-refractivity contribution is -0.133. The molecule has 2 N–H and O–H groups in total. The van der Waals surface area contributed by atoms with E-state index in [0.717, 1.165) is 31.4 Å². The molecule has 0 aromatic heterocycles. The average molecular weight is 278 g/mol. The van der Waals surface area contributed by atoms with Gasteiger partial charge in [-0.1, -0.05) is 19.1 Å². The number of nitrogens with two attached hydrogens (primary N) is 1. The predicted octanol–water partition coefficient (Wildman–Crippen LogP) is 2.34. The van der Waals surface area contributed by atoms with Crippen LogP contribution in [-0.4, -0.2) is 29.9 Å². The Hall–Kier alpha value is -1.42. The quantitative estimate of drug-likeness (QED) is 0.919. The Morgan fingerprint density at radius 1 is 1.55 bits per heavy atom. The number of benzene rings is 1. The first-order chi connectivity index (χ1) is 9.54. The second-order valence-electron chi connectivity index (χ2n) is 5.89. The normalized spacial score (nSPS) is 20.8. The van der Waals surface area contributed by atoms with E-state index in [4.69, 9.17) is 5.73 Å². The van der Waals surface area contributed by atoms with Gasteiger partial charge in [-0.15, -0.1) is 0 Å². The Balaban J connectivity index is 1.84. The fourth-order valence-electron chi connectivity index (χ4n) is 2.80. The maximum absolute atomic E-state index is 13.1. The van der Waals surface area contributed by atoms with Gasteiger partial charge in [-0.2, -0.15) is 0 Å². The van der Waals surface area contributed by atoms with Crippen LogP contribution in [-0.2, 0) is 11.2 Å². The molecule has 2 atom stereocenters. The molecular weight excluding hydrogens is 255 g/mol. The molecule has 0 aliphatic carbocycles. The maximum atomic E-state index is 13.1. The molecule has 2 rings (SSSR count). The molecule has 1 fully saturated rings. The Labute approximate surface area is 120 Å². The average Bonchev–Trinajstić information content (AvgIpc) is 2.38. The van der Waals surface area contributed by atoms with Crippen LogP contribution in [0, 0.1) is 11.7 Å². The zero-order valence-electron chi connectivity index (χ0n) is 12.0. The molecular formula is C16H23FN2O. The number of carbonyl (C=O) groups excluding carboxylic acids is 1. The molecule has 0 saturated carbocycles. The van der Waals surface area contributed by atoms with Gasteiger partial charge in [0.05, 0.1) is 0 Å². The van der Waals surface area contributed by atoms with Crippen LogP contribution in [0.25, 0.3) is 0 Å². The molecule has 1 aliphatic heterocycles. The number of nitrogens with zero attached hydrogens (tertiary/aromatic N) is 1. The fraction of sp³-hybridized carbons (Fsp3) is 0.562. The minimum absolute atomic E-state index is 0.117. The maximum Gasteiger partial charge on any atom is 0.222 e. The second-order valence-corrected chi connectivity index (χ2v) is 5.89. The van der Waals surface area contributed by atoms with Crippen molar-refractivity contribution in [2.75, 3.05) is 13.1 Å². The van der Waals surface area contributed by atoms with Crippen molar-refractivity contribution in [2.24, 2.45) is 11.7 Å². The van der Waals surface area contributed by atoms with Gasteiger partial charge in [0.15, 0.2) is 0 Å². The van der Waals surface area contributed by atoms with E-state index in [9.17, 15) is 9.18 Å². The molecule has 1 aromatic carbocycles. The summed E-state index contributed by atoms with van der Waals surface area (Å²) in [6.07, 6.45) is 3.22. The summed E-state index contributed by atoms with van der Waals surface area (Å²) in [5.41, 5.74) is 6.84. The fourth-order valence-corrected chi connectivity index (χ4v) is 2.80. The van der Waals surface area contributed by atoms with E-state index in [1.165, 1.54) is 12.1 Å². The first-order valence-corrected chi connectivity index (χ1v) is 7.32. The Morgan fingerprint density at radius 2 is 2.35 bits per heavy atom. The number of carbonyl (C=O) groups is 1. The number of hydrogen-bond acceptors (Lipinski definition) is 2. The molecule has 4 heteroatoms. The number of rotatable bonds is 4. The monoisotopic (exact) mass is 278 g/mol. The highest BCUT2D eigenvalue weighted by atomic mass is 19.1. The third-order valence-electron chi connectivity index (χ3n) is 3.81. The minimum atomic E-state index is -0.219. The smallest absolute Gasteiger partial charge is 0.222 e. The van der Waals surface area contributed by atoms with Crippen molar-refractivity contribution in [3.63, 3.8) is 0 Å². The van der Waals surface area contributed by atoms with E-state index in [-0.39, 0.29) is 23.7 Å². The van der Waals surface area contributed by atoms with Crippen LogP contribution in [0.1, 0.15) is 31.7 Å². The molecule has 1 aliphatic rings. The molecule has 2 unspecified atom stereocenters. The highest BCUT2D eigenvalue weighted by Crippen LogP contribution is 2.16. The third-order valence-corrected chi connectivity index (χ3v) is 3.81. The molecule has 0 bridgehead atoms. The highest BCUT2D eigenvalue weighted by molar-refractivity contribution is 5.76. The van der Waals surface area contributed by atoms with Gasteiger partial charge in [-0.3, -0.25) is 4.79 Å². The number of hydrogen-bond donors (Lipinski definition) is 1. The standard InChI is InChI=1S/C16H23FN2O/c1-12(8-13-4-2-5-14(17)10-13)9-16(20)19-7-3-6-15(18)11-19/h2,4-5,10,12,15H,3,6-9,11,18H2,1H3. The summed E-state index contributed by atoms with van der Waals surface area (Å²) in [7, 11) is 0. The molecule has 1 amide bonds. The molecule has 1 heterocycles. The van der Waals surface area contributed by atoms with Gasteiger partial charge in [-0.25, -0.2) is 4.39 Å². The van der Waals surface area contributed by atoms with Crippen molar-refractivity contribution in [1.82, 2.24) is 4.90 Å². The molecule has 3 nitrogen and oxygen atoms in total. The zero-order valence-corrected chi connectivity index (χ0v) is 12.0. The van der Waals surface area contributed by atoms with Gasteiger partial charge in [0.25, 0.3) is 0 Å². The van der Waals surface area contributed by atoms with Crippen LogP contribution in [0.4, 0.5) is 4.39 Å².